The summed E-state index contributed by atoms with van der Waals surface area (Å²) in [5.41, 5.74) is 2.19. The second-order valence-electron chi connectivity index (χ2n) is 1.96. The maximum absolute atomic E-state index is 3.97. The first-order valence-electron chi connectivity index (χ1n) is 3.95. The smallest absolute Gasteiger partial charge is 0.0316 e. The Morgan fingerprint density at radius 1 is 1.27 bits per heavy atom. The molecule has 1 nitrogen and oxygen atoms in total. The molecule has 0 fully saturated rings. The molecule has 0 saturated carbocycles. The lowest BCUT2D eigenvalue weighted by molar-refractivity contribution is 1.42. The molecule has 0 aliphatic rings. The van der Waals surface area contributed by atoms with Crippen molar-refractivity contribution in [2.24, 2.45) is 4.99 Å². The van der Waals surface area contributed by atoms with Crippen LogP contribution in [0, 0.1) is 0 Å². The molecule has 0 amide bonds. The molecular formula is C10H19N. The van der Waals surface area contributed by atoms with Gasteiger partial charge in [-0.1, -0.05) is 26.5 Å². The molecule has 0 aliphatic carbocycles. The van der Waals surface area contributed by atoms with Crippen molar-refractivity contribution in [3.05, 3.63) is 24.3 Å². The second-order valence-corrected chi connectivity index (χ2v) is 1.96. The van der Waals surface area contributed by atoms with E-state index in [1.54, 1.807) is 7.05 Å². The number of rotatable bonds is 2. The lowest BCUT2D eigenvalue weighted by Gasteiger charge is -1.89. The molecule has 64 valence electrons. The SMILES string of the molecule is C=C/C(C)=C\C(C)=NC.CC. The third kappa shape index (κ3) is 9.15. The van der Waals surface area contributed by atoms with Crippen LogP contribution in [0.3, 0.4) is 0 Å². The van der Waals surface area contributed by atoms with Crippen LogP contribution in [0.4, 0.5) is 0 Å². The fourth-order valence-electron chi connectivity index (χ4n) is 0.453. The van der Waals surface area contributed by atoms with Gasteiger partial charge in [0.15, 0.2) is 0 Å². The summed E-state index contributed by atoms with van der Waals surface area (Å²) in [6, 6.07) is 0. The first-order chi connectivity index (χ1) is 5.20. The molecule has 0 heterocycles. The van der Waals surface area contributed by atoms with Crippen molar-refractivity contribution >= 4 is 5.71 Å². The van der Waals surface area contributed by atoms with Crippen molar-refractivity contribution in [1.29, 1.82) is 0 Å². The number of aliphatic imine (C=N–C) groups is 1. The fourth-order valence-corrected chi connectivity index (χ4v) is 0.453. The monoisotopic (exact) mass is 153 g/mol. The molecule has 0 aliphatic heterocycles. The highest BCUT2D eigenvalue weighted by Gasteiger charge is 1.81. The van der Waals surface area contributed by atoms with Gasteiger partial charge in [-0.3, -0.25) is 4.99 Å². The van der Waals surface area contributed by atoms with Crippen LogP contribution in [0.2, 0.25) is 0 Å². The third-order valence-corrected chi connectivity index (χ3v) is 1.11. The van der Waals surface area contributed by atoms with Gasteiger partial charge in [-0.05, 0) is 25.5 Å². The molecule has 0 spiro atoms. The van der Waals surface area contributed by atoms with Gasteiger partial charge in [0.25, 0.3) is 0 Å². The molecule has 0 N–H and O–H groups in total. The Hall–Kier alpha value is -0.850. The molecule has 0 aromatic carbocycles. The van der Waals surface area contributed by atoms with Gasteiger partial charge < -0.3 is 0 Å². The van der Waals surface area contributed by atoms with Gasteiger partial charge in [-0.2, -0.15) is 0 Å². The van der Waals surface area contributed by atoms with Crippen molar-refractivity contribution in [1.82, 2.24) is 0 Å². The van der Waals surface area contributed by atoms with E-state index in [-0.39, 0.29) is 0 Å². The topological polar surface area (TPSA) is 12.4 Å². The summed E-state index contributed by atoms with van der Waals surface area (Å²) >= 11 is 0. The molecule has 0 unspecified atom stereocenters. The molecule has 0 bridgehead atoms. The van der Waals surface area contributed by atoms with Crippen molar-refractivity contribution < 1.29 is 0 Å². The van der Waals surface area contributed by atoms with Gasteiger partial charge in [0.2, 0.25) is 0 Å². The molecule has 1 heteroatoms. The summed E-state index contributed by atoms with van der Waals surface area (Å²) in [5.74, 6) is 0. The Bertz CT molecular complexity index is 152. The average Bonchev–Trinajstić information content (AvgIpc) is 2.07. The zero-order valence-corrected chi connectivity index (χ0v) is 8.31. The Balaban J connectivity index is 0. The van der Waals surface area contributed by atoms with Crippen molar-refractivity contribution in [3.63, 3.8) is 0 Å². The van der Waals surface area contributed by atoms with Gasteiger partial charge in [0.05, 0.1) is 0 Å². The quantitative estimate of drug-likeness (QED) is 0.426. The van der Waals surface area contributed by atoms with E-state index in [9.17, 15) is 0 Å². The predicted molar refractivity (Wildman–Crippen MR) is 54.3 cm³/mol. The molecule has 11 heavy (non-hydrogen) atoms. The van der Waals surface area contributed by atoms with Crippen LogP contribution in [-0.2, 0) is 0 Å². The zero-order chi connectivity index (χ0) is 9.28. The highest BCUT2D eigenvalue weighted by Crippen LogP contribution is 1.92. The van der Waals surface area contributed by atoms with Crippen LogP contribution in [0.5, 0.6) is 0 Å². The van der Waals surface area contributed by atoms with E-state index in [0.29, 0.717) is 0 Å². The van der Waals surface area contributed by atoms with Crippen molar-refractivity contribution in [3.8, 4) is 0 Å². The minimum Gasteiger partial charge on any atom is -0.293 e. The minimum absolute atomic E-state index is 1.03. The summed E-state index contributed by atoms with van der Waals surface area (Å²) in [5, 5.41) is 0. The van der Waals surface area contributed by atoms with E-state index in [0.717, 1.165) is 11.3 Å². The standard InChI is InChI=1S/C8H13N.C2H6/c1-5-7(2)6-8(3)9-4;1-2/h5-6H,1H2,2-4H3;1-2H3/b7-6-,9-8?;. The summed E-state index contributed by atoms with van der Waals surface area (Å²) in [6.45, 7) is 11.6. The van der Waals surface area contributed by atoms with Crippen LogP contribution in [0.25, 0.3) is 0 Å². The molecule has 0 saturated heterocycles. The normalized spacial score (nSPS) is 11.7. The van der Waals surface area contributed by atoms with Crippen LogP contribution in [0.15, 0.2) is 29.3 Å². The maximum atomic E-state index is 3.97. The third-order valence-electron chi connectivity index (χ3n) is 1.11. The summed E-state index contributed by atoms with van der Waals surface area (Å²) < 4.78 is 0. The van der Waals surface area contributed by atoms with Gasteiger partial charge in [-0.15, -0.1) is 0 Å². The first-order valence-corrected chi connectivity index (χ1v) is 3.95. The summed E-state index contributed by atoms with van der Waals surface area (Å²) in [4.78, 5) is 3.97. The van der Waals surface area contributed by atoms with E-state index < -0.39 is 0 Å². The maximum Gasteiger partial charge on any atom is 0.0316 e. The van der Waals surface area contributed by atoms with Crippen LogP contribution in [0.1, 0.15) is 27.7 Å². The molecule has 0 atom stereocenters. The Labute approximate surface area is 70.5 Å². The number of hydrogen-bond acceptors (Lipinski definition) is 1. The zero-order valence-electron chi connectivity index (χ0n) is 8.31. The lowest BCUT2D eigenvalue weighted by Crippen LogP contribution is -1.83. The Kier molecular flexibility index (Phi) is 10.6. The highest BCUT2D eigenvalue weighted by molar-refractivity contribution is 5.93. The molecule has 0 rings (SSSR count). The van der Waals surface area contributed by atoms with Gasteiger partial charge in [-0.25, -0.2) is 0 Å². The molecular weight excluding hydrogens is 134 g/mol. The Morgan fingerprint density at radius 2 is 1.73 bits per heavy atom. The van der Waals surface area contributed by atoms with Crippen LogP contribution in [-0.4, -0.2) is 12.8 Å². The predicted octanol–water partition coefficient (Wildman–Crippen LogP) is 3.24. The second kappa shape index (κ2) is 9.15. The average molecular weight is 153 g/mol. The van der Waals surface area contributed by atoms with E-state index >= 15 is 0 Å². The minimum atomic E-state index is 1.03. The van der Waals surface area contributed by atoms with Crippen LogP contribution >= 0.6 is 0 Å². The largest absolute Gasteiger partial charge is 0.293 e. The molecule has 0 aromatic heterocycles. The van der Waals surface area contributed by atoms with Gasteiger partial charge >= 0.3 is 0 Å². The van der Waals surface area contributed by atoms with Gasteiger partial charge in [0, 0.05) is 12.8 Å². The van der Waals surface area contributed by atoms with E-state index in [4.69, 9.17) is 0 Å². The summed E-state index contributed by atoms with van der Waals surface area (Å²) in [6.07, 6.45) is 3.81. The number of allylic oxidation sites excluding steroid dienone is 3. The van der Waals surface area contributed by atoms with E-state index in [1.165, 1.54) is 0 Å². The molecule has 0 radical (unpaired) electrons. The van der Waals surface area contributed by atoms with E-state index in [2.05, 4.69) is 11.6 Å². The van der Waals surface area contributed by atoms with E-state index in [1.807, 2.05) is 39.8 Å². The summed E-state index contributed by atoms with van der Waals surface area (Å²) in [7, 11) is 1.78. The van der Waals surface area contributed by atoms with Crippen LogP contribution < -0.4 is 0 Å². The number of hydrogen-bond donors (Lipinski definition) is 0. The van der Waals surface area contributed by atoms with Gasteiger partial charge in [0.1, 0.15) is 0 Å². The lowest BCUT2D eigenvalue weighted by atomic mass is 10.2. The Morgan fingerprint density at radius 3 is 2.00 bits per heavy atom. The number of nitrogens with zero attached hydrogens (tertiary/aromatic N) is 1. The fraction of sp³-hybridized carbons (Fsp3) is 0.500. The highest BCUT2D eigenvalue weighted by atomic mass is 14.7. The van der Waals surface area contributed by atoms with Crippen molar-refractivity contribution in [2.75, 3.05) is 7.05 Å². The van der Waals surface area contributed by atoms with Crippen molar-refractivity contribution in [2.45, 2.75) is 27.7 Å². The first kappa shape index (κ1) is 12.8. The molecule has 0 aromatic rings.